The van der Waals surface area contributed by atoms with Crippen molar-refractivity contribution in [2.24, 2.45) is 5.11 Å². The van der Waals surface area contributed by atoms with Gasteiger partial charge in [0.25, 0.3) is 0 Å². The Hall–Kier alpha value is -4.55. The summed E-state index contributed by atoms with van der Waals surface area (Å²) < 4.78 is 17.3. The van der Waals surface area contributed by atoms with Crippen molar-refractivity contribution < 1.29 is 29.4 Å². The summed E-state index contributed by atoms with van der Waals surface area (Å²) in [7, 11) is -1.40. The van der Waals surface area contributed by atoms with Crippen LogP contribution < -0.4 is 19.7 Å². The van der Waals surface area contributed by atoms with Crippen molar-refractivity contribution in [2.75, 3.05) is 19.8 Å². The van der Waals surface area contributed by atoms with Crippen LogP contribution in [0, 0.1) is 0 Å². The van der Waals surface area contributed by atoms with E-state index in [4.69, 9.17) is 34.9 Å². The molecule has 0 saturated heterocycles. The van der Waals surface area contributed by atoms with Gasteiger partial charge in [-0.15, -0.1) is 5.10 Å². The van der Waals surface area contributed by atoms with Crippen molar-refractivity contribution in [3.63, 3.8) is 0 Å². The van der Waals surface area contributed by atoms with Crippen LogP contribution >= 0.6 is 0 Å². The summed E-state index contributed by atoms with van der Waals surface area (Å²) >= 11 is 0. The fourth-order valence-corrected chi connectivity index (χ4v) is 3.09. The molecule has 0 spiro atoms. The fraction of sp³-hybridized carbons (Fsp3) is 0.259. The molecule has 1 aromatic heterocycles. The molecular weight excluding hydrogens is 515 g/mol. The number of hydrogen-bond acceptors (Lipinski definition) is 9. The number of azide groups is 1. The highest BCUT2D eigenvalue weighted by Gasteiger charge is 2.09. The molecule has 4 rings (SSSR count). The first-order valence-corrected chi connectivity index (χ1v) is 12.6. The molecule has 13 heteroatoms. The second-order valence-electron chi connectivity index (χ2n) is 7.73. The smallest absolute Gasteiger partial charge is 0.488 e. The zero-order valence-electron chi connectivity index (χ0n) is 22.7. The molecule has 0 aliphatic carbocycles. The average Bonchev–Trinajstić information content (AvgIpc) is 3.46. The van der Waals surface area contributed by atoms with Crippen LogP contribution in [-0.2, 0) is 6.61 Å². The normalized spacial score (nSPS) is 9.65. The lowest BCUT2D eigenvalue weighted by Crippen LogP contribution is -2.29. The molecule has 0 aliphatic rings. The lowest BCUT2D eigenvalue weighted by atomic mass is 9.80. The Bertz CT molecular complexity index is 1290. The van der Waals surface area contributed by atoms with Crippen molar-refractivity contribution in [3.05, 3.63) is 95.1 Å². The molecule has 0 amide bonds. The summed E-state index contributed by atoms with van der Waals surface area (Å²) in [5.74, 6) is 2.35. The first-order chi connectivity index (χ1) is 19.4. The van der Waals surface area contributed by atoms with Gasteiger partial charge in [-0.25, -0.2) is 4.68 Å². The highest BCUT2D eigenvalue weighted by atomic mass is 16.5. The van der Waals surface area contributed by atoms with E-state index in [0.29, 0.717) is 36.7 Å². The summed E-state index contributed by atoms with van der Waals surface area (Å²) in [6, 6.07) is 21.2. The van der Waals surface area contributed by atoms with E-state index < -0.39 is 7.12 Å². The van der Waals surface area contributed by atoms with Gasteiger partial charge in [0.1, 0.15) is 22.9 Å². The van der Waals surface area contributed by atoms with Crippen molar-refractivity contribution in [2.45, 2.75) is 27.4 Å². The molecule has 0 atom stereocenters. The van der Waals surface area contributed by atoms with Crippen LogP contribution in [0.4, 0.5) is 5.69 Å². The van der Waals surface area contributed by atoms with Crippen LogP contribution in [0.15, 0.2) is 84.1 Å². The number of benzene rings is 3. The maximum atomic E-state index is 8.88. The second kappa shape index (κ2) is 17.9. The number of ether oxygens (including phenoxy) is 3. The minimum absolute atomic E-state index is 0.100. The number of aromatic nitrogens is 3. The standard InChI is InChI=1S/C11H13N3O2.C8H11BO3.C8H9N3O/c1-2-16-11-5-3-10(4-6-11)14-7-9(8-15)12-13-14;1-2-12-8-5-3-7(4-6-8)9(10)11;1-2-12-8-5-3-7(4-6-8)10-11-9/h3-7,15H,2,8H2,1H3;3-6,10-11H,2H2,1H3;3-6H,2H2,1H3. The second-order valence-corrected chi connectivity index (χ2v) is 7.73. The third-order valence-electron chi connectivity index (χ3n) is 4.91. The first kappa shape index (κ1) is 31.7. The molecule has 12 nitrogen and oxygen atoms in total. The summed E-state index contributed by atoms with van der Waals surface area (Å²) in [5, 5.41) is 37.5. The van der Waals surface area contributed by atoms with Gasteiger partial charge >= 0.3 is 7.12 Å². The van der Waals surface area contributed by atoms with Gasteiger partial charge in [0.05, 0.1) is 38.3 Å². The van der Waals surface area contributed by atoms with E-state index in [9.17, 15) is 0 Å². The monoisotopic (exact) mass is 548 g/mol. The highest BCUT2D eigenvalue weighted by Crippen LogP contribution is 2.18. The van der Waals surface area contributed by atoms with Crippen LogP contribution in [-0.4, -0.2) is 57.1 Å². The fourth-order valence-electron chi connectivity index (χ4n) is 3.09. The third kappa shape index (κ3) is 11.1. The maximum absolute atomic E-state index is 8.88. The minimum Gasteiger partial charge on any atom is -0.494 e. The molecule has 4 aromatic rings. The lowest BCUT2D eigenvalue weighted by Gasteiger charge is -2.04. The van der Waals surface area contributed by atoms with Crippen LogP contribution in [0.1, 0.15) is 26.5 Å². The third-order valence-corrected chi connectivity index (χ3v) is 4.91. The molecule has 0 fully saturated rings. The van der Waals surface area contributed by atoms with E-state index in [2.05, 4.69) is 20.3 Å². The number of nitrogens with zero attached hydrogens (tertiary/aromatic N) is 6. The maximum Gasteiger partial charge on any atom is 0.488 e. The summed E-state index contributed by atoms with van der Waals surface area (Å²) in [5.41, 5.74) is 10.6. The molecule has 210 valence electrons. The van der Waals surface area contributed by atoms with Gasteiger partial charge in [-0.1, -0.05) is 22.5 Å². The Labute approximate surface area is 233 Å². The molecule has 0 radical (unpaired) electrons. The zero-order chi connectivity index (χ0) is 29.2. The lowest BCUT2D eigenvalue weighted by molar-refractivity contribution is 0.276. The Morgan fingerprint density at radius 3 is 1.68 bits per heavy atom. The Balaban J connectivity index is 0.000000214. The van der Waals surface area contributed by atoms with Gasteiger partial charge in [0.15, 0.2) is 0 Å². The van der Waals surface area contributed by atoms with Gasteiger partial charge in [-0.2, -0.15) is 0 Å². The SMILES string of the molecule is CCOc1ccc(-n2cc(CO)nn2)cc1.CCOc1ccc(B(O)O)cc1.CCOc1ccc(N=[N+]=[N-])cc1. The molecule has 3 N–H and O–H groups in total. The highest BCUT2D eigenvalue weighted by molar-refractivity contribution is 6.58. The molecule has 0 unspecified atom stereocenters. The molecule has 40 heavy (non-hydrogen) atoms. The van der Waals surface area contributed by atoms with Crippen molar-refractivity contribution in [1.82, 2.24) is 15.0 Å². The number of aliphatic hydroxyl groups excluding tert-OH is 1. The number of rotatable bonds is 10. The predicted octanol–water partition coefficient (Wildman–Crippen LogP) is 3.95. The van der Waals surface area contributed by atoms with E-state index in [1.165, 1.54) is 0 Å². The van der Waals surface area contributed by atoms with Crippen molar-refractivity contribution in [1.29, 1.82) is 0 Å². The Kier molecular flexibility index (Phi) is 14.1. The van der Waals surface area contributed by atoms with Crippen molar-refractivity contribution in [3.8, 4) is 22.9 Å². The van der Waals surface area contributed by atoms with E-state index in [0.717, 1.165) is 22.9 Å². The van der Waals surface area contributed by atoms with Crippen molar-refractivity contribution >= 4 is 18.3 Å². The topological polar surface area (TPSA) is 168 Å². The quantitative estimate of drug-likeness (QED) is 0.116. The predicted molar refractivity (Wildman–Crippen MR) is 152 cm³/mol. The van der Waals surface area contributed by atoms with E-state index in [1.54, 1.807) is 59.4 Å². The van der Waals surface area contributed by atoms with Gasteiger partial charge in [-0.05, 0) is 92.4 Å². The molecular formula is C27H33BN6O6. The van der Waals surface area contributed by atoms with Crippen LogP contribution in [0.25, 0.3) is 16.1 Å². The van der Waals surface area contributed by atoms with Crippen LogP contribution in [0.3, 0.4) is 0 Å². The zero-order valence-corrected chi connectivity index (χ0v) is 22.7. The first-order valence-electron chi connectivity index (χ1n) is 12.6. The van der Waals surface area contributed by atoms with E-state index >= 15 is 0 Å². The number of aliphatic hydroxyl groups is 1. The molecule has 0 saturated carbocycles. The summed E-state index contributed by atoms with van der Waals surface area (Å²) in [4.78, 5) is 2.67. The summed E-state index contributed by atoms with van der Waals surface area (Å²) in [6.45, 7) is 7.56. The molecule has 3 aromatic carbocycles. The molecule has 0 bridgehead atoms. The van der Waals surface area contributed by atoms with Crippen LogP contribution in [0.2, 0.25) is 0 Å². The Morgan fingerprint density at radius 1 is 0.800 bits per heavy atom. The van der Waals surface area contributed by atoms with E-state index in [1.807, 2.05) is 45.0 Å². The average molecular weight is 548 g/mol. The van der Waals surface area contributed by atoms with E-state index in [-0.39, 0.29) is 6.61 Å². The minimum atomic E-state index is -1.40. The summed E-state index contributed by atoms with van der Waals surface area (Å²) in [6.07, 6.45) is 1.69. The molecule has 1 heterocycles. The van der Waals surface area contributed by atoms with Gasteiger partial charge in [-0.3, -0.25) is 0 Å². The largest absolute Gasteiger partial charge is 0.494 e. The van der Waals surface area contributed by atoms with Crippen LogP contribution in [0.5, 0.6) is 17.2 Å². The van der Waals surface area contributed by atoms with Gasteiger partial charge in [0, 0.05) is 10.6 Å². The molecule has 0 aliphatic heterocycles. The van der Waals surface area contributed by atoms with Gasteiger partial charge < -0.3 is 29.4 Å². The Morgan fingerprint density at radius 2 is 1.27 bits per heavy atom. The van der Waals surface area contributed by atoms with Gasteiger partial charge in [0.2, 0.25) is 0 Å². The number of hydrogen-bond donors (Lipinski definition) is 3.